The van der Waals surface area contributed by atoms with Crippen molar-refractivity contribution in [3.05, 3.63) is 17.5 Å². The Morgan fingerprint density at radius 3 is 2.53 bits per heavy atom. The molecular formula is C12H21N5. The number of hydrogen-bond donors (Lipinski definition) is 2. The van der Waals surface area contributed by atoms with Crippen LogP contribution in [0.4, 0.5) is 5.95 Å². The number of nitrogens with zero attached hydrogens (tertiary/aromatic N) is 3. The van der Waals surface area contributed by atoms with Gasteiger partial charge in [-0.05, 0) is 19.9 Å². The second-order valence-corrected chi connectivity index (χ2v) is 4.49. The van der Waals surface area contributed by atoms with Crippen molar-refractivity contribution >= 4 is 5.95 Å². The summed E-state index contributed by atoms with van der Waals surface area (Å²) in [5, 5.41) is 6.64. The van der Waals surface area contributed by atoms with Crippen LogP contribution < -0.4 is 10.6 Å². The lowest BCUT2D eigenvalue weighted by Crippen LogP contribution is -2.45. The first-order chi connectivity index (χ1) is 8.24. The molecule has 2 rings (SSSR count). The van der Waals surface area contributed by atoms with Gasteiger partial charge in [0.15, 0.2) is 0 Å². The third-order valence-corrected chi connectivity index (χ3v) is 2.90. The maximum absolute atomic E-state index is 4.36. The molecule has 1 aliphatic heterocycles. The van der Waals surface area contributed by atoms with Gasteiger partial charge in [-0.1, -0.05) is 0 Å². The van der Waals surface area contributed by atoms with Crippen LogP contribution in [0.5, 0.6) is 0 Å². The molecular weight excluding hydrogens is 214 g/mol. The highest BCUT2D eigenvalue weighted by atomic mass is 15.2. The SMILES string of the molecule is Cc1cc(C)nc(NCCN2CCNCC2)n1. The highest BCUT2D eigenvalue weighted by Gasteiger charge is 2.08. The van der Waals surface area contributed by atoms with Gasteiger partial charge >= 0.3 is 0 Å². The van der Waals surface area contributed by atoms with Gasteiger partial charge < -0.3 is 10.6 Å². The van der Waals surface area contributed by atoms with E-state index in [4.69, 9.17) is 0 Å². The molecule has 0 spiro atoms. The van der Waals surface area contributed by atoms with Gasteiger partial charge in [0.2, 0.25) is 5.95 Å². The molecule has 1 aromatic heterocycles. The number of anilines is 1. The van der Waals surface area contributed by atoms with Crippen molar-refractivity contribution in [2.45, 2.75) is 13.8 Å². The number of hydrogen-bond acceptors (Lipinski definition) is 5. The lowest BCUT2D eigenvalue weighted by molar-refractivity contribution is 0.249. The minimum absolute atomic E-state index is 0.748. The van der Waals surface area contributed by atoms with Crippen molar-refractivity contribution in [2.75, 3.05) is 44.6 Å². The second kappa shape index (κ2) is 5.93. The van der Waals surface area contributed by atoms with Gasteiger partial charge in [0.05, 0.1) is 0 Å². The van der Waals surface area contributed by atoms with E-state index >= 15 is 0 Å². The van der Waals surface area contributed by atoms with Crippen molar-refractivity contribution < 1.29 is 0 Å². The molecule has 0 bridgehead atoms. The lowest BCUT2D eigenvalue weighted by Gasteiger charge is -2.27. The van der Waals surface area contributed by atoms with E-state index in [9.17, 15) is 0 Å². The summed E-state index contributed by atoms with van der Waals surface area (Å²) < 4.78 is 0. The fourth-order valence-electron chi connectivity index (χ4n) is 2.07. The van der Waals surface area contributed by atoms with Gasteiger partial charge in [-0.2, -0.15) is 0 Å². The standard InChI is InChI=1S/C12H21N5/c1-10-9-11(2)16-12(15-10)14-5-8-17-6-3-13-4-7-17/h9,13H,3-8H2,1-2H3,(H,14,15,16). The van der Waals surface area contributed by atoms with Gasteiger partial charge in [0.25, 0.3) is 0 Å². The third kappa shape index (κ3) is 3.94. The van der Waals surface area contributed by atoms with Gasteiger partial charge in [0, 0.05) is 50.7 Å². The van der Waals surface area contributed by atoms with Gasteiger partial charge in [-0.25, -0.2) is 9.97 Å². The molecule has 1 aromatic rings. The Balaban J connectivity index is 1.77. The molecule has 1 aliphatic rings. The summed E-state index contributed by atoms with van der Waals surface area (Å²) in [6.07, 6.45) is 0. The summed E-state index contributed by atoms with van der Waals surface area (Å²) in [4.78, 5) is 11.2. The van der Waals surface area contributed by atoms with Crippen LogP contribution in [-0.4, -0.2) is 54.1 Å². The van der Waals surface area contributed by atoms with Crippen molar-refractivity contribution in [1.82, 2.24) is 20.2 Å². The fraction of sp³-hybridized carbons (Fsp3) is 0.667. The molecule has 0 amide bonds. The van der Waals surface area contributed by atoms with Crippen molar-refractivity contribution in [3.63, 3.8) is 0 Å². The summed E-state index contributed by atoms with van der Waals surface area (Å²) in [7, 11) is 0. The molecule has 2 N–H and O–H groups in total. The zero-order valence-electron chi connectivity index (χ0n) is 10.7. The average molecular weight is 235 g/mol. The van der Waals surface area contributed by atoms with Crippen LogP contribution >= 0.6 is 0 Å². The van der Waals surface area contributed by atoms with Crippen LogP contribution in [0.15, 0.2) is 6.07 Å². The maximum atomic E-state index is 4.36. The van der Waals surface area contributed by atoms with Crippen LogP contribution in [0.2, 0.25) is 0 Å². The second-order valence-electron chi connectivity index (χ2n) is 4.49. The van der Waals surface area contributed by atoms with E-state index < -0.39 is 0 Å². The Hall–Kier alpha value is -1.20. The van der Waals surface area contributed by atoms with E-state index in [-0.39, 0.29) is 0 Å². The van der Waals surface area contributed by atoms with Crippen LogP contribution in [0.1, 0.15) is 11.4 Å². The van der Waals surface area contributed by atoms with Crippen LogP contribution in [0.3, 0.4) is 0 Å². The molecule has 0 saturated carbocycles. The molecule has 0 aromatic carbocycles. The first-order valence-corrected chi connectivity index (χ1v) is 6.23. The Bertz CT molecular complexity index is 340. The smallest absolute Gasteiger partial charge is 0.223 e. The predicted octanol–water partition coefficient (Wildman–Crippen LogP) is 0.411. The average Bonchev–Trinajstić information content (AvgIpc) is 2.29. The summed E-state index contributed by atoms with van der Waals surface area (Å²) in [6, 6.07) is 1.99. The molecule has 5 heteroatoms. The van der Waals surface area contributed by atoms with Crippen LogP contribution in [-0.2, 0) is 0 Å². The molecule has 1 fully saturated rings. The molecule has 5 nitrogen and oxygen atoms in total. The Kier molecular flexibility index (Phi) is 4.28. The van der Waals surface area contributed by atoms with Crippen LogP contribution in [0, 0.1) is 13.8 Å². The van der Waals surface area contributed by atoms with E-state index in [1.807, 2.05) is 19.9 Å². The molecule has 94 valence electrons. The summed E-state index contributed by atoms with van der Waals surface area (Å²) in [6.45, 7) is 10.4. The third-order valence-electron chi connectivity index (χ3n) is 2.90. The summed E-state index contributed by atoms with van der Waals surface area (Å²) in [5.41, 5.74) is 2.03. The largest absolute Gasteiger partial charge is 0.353 e. The quantitative estimate of drug-likeness (QED) is 0.792. The van der Waals surface area contributed by atoms with Crippen molar-refractivity contribution in [2.24, 2.45) is 0 Å². The minimum Gasteiger partial charge on any atom is -0.353 e. The number of piperazine rings is 1. The normalized spacial score (nSPS) is 17.1. The topological polar surface area (TPSA) is 53.1 Å². The number of rotatable bonds is 4. The van der Waals surface area contributed by atoms with Crippen molar-refractivity contribution in [3.8, 4) is 0 Å². The molecule has 0 aliphatic carbocycles. The Morgan fingerprint density at radius 2 is 1.88 bits per heavy atom. The van der Waals surface area contributed by atoms with E-state index in [0.717, 1.165) is 56.6 Å². The highest BCUT2D eigenvalue weighted by molar-refractivity contribution is 5.27. The minimum atomic E-state index is 0.748. The zero-order chi connectivity index (χ0) is 12.1. The molecule has 0 atom stereocenters. The molecule has 17 heavy (non-hydrogen) atoms. The first-order valence-electron chi connectivity index (χ1n) is 6.23. The number of aryl methyl sites for hydroxylation is 2. The molecule has 1 saturated heterocycles. The van der Waals surface area contributed by atoms with Crippen LogP contribution in [0.25, 0.3) is 0 Å². The summed E-state index contributed by atoms with van der Waals surface area (Å²) in [5.74, 6) is 0.748. The molecule has 0 radical (unpaired) electrons. The predicted molar refractivity (Wildman–Crippen MR) is 69.3 cm³/mol. The molecule has 2 heterocycles. The molecule has 0 unspecified atom stereocenters. The van der Waals surface area contributed by atoms with Gasteiger partial charge in [0.1, 0.15) is 0 Å². The lowest BCUT2D eigenvalue weighted by atomic mass is 10.3. The van der Waals surface area contributed by atoms with Crippen molar-refractivity contribution in [1.29, 1.82) is 0 Å². The highest BCUT2D eigenvalue weighted by Crippen LogP contribution is 2.03. The van der Waals surface area contributed by atoms with Gasteiger partial charge in [-0.3, -0.25) is 4.90 Å². The fourth-order valence-corrected chi connectivity index (χ4v) is 2.07. The van der Waals surface area contributed by atoms with E-state index in [0.29, 0.717) is 0 Å². The van der Waals surface area contributed by atoms with E-state index in [1.165, 1.54) is 0 Å². The Labute approximate surface area is 103 Å². The first kappa shape index (κ1) is 12.3. The van der Waals surface area contributed by atoms with E-state index in [2.05, 4.69) is 25.5 Å². The Morgan fingerprint density at radius 1 is 1.24 bits per heavy atom. The van der Waals surface area contributed by atoms with Gasteiger partial charge in [-0.15, -0.1) is 0 Å². The monoisotopic (exact) mass is 235 g/mol. The number of aromatic nitrogens is 2. The number of nitrogens with one attached hydrogen (secondary N) is 2. The van der Waals surface area contributed by atoms with E-state index in [1.54, 1.807) is 0 Å². The zero-order valence-corrected chi connectivity index (χ0v) is 10.7. The summed E-state index contributed by atoms with van der Waals surface area (Å²) >= 11 is 0. The maximum Gasteiger partial charge on any atom is 0.223 e.